The minimum absolute atomic E-state index is 0. The zero-order chi connectivity index (χ0) is 7.33. The van der Waals surface area contributed by atoms with Crippen LogP contribution < -0.4 is 24.0 Å². The average molecular weight is 365 g/mol. The number of quaternary nitrogens is 1. The molecule has 0 fully saturated rings. The van der Waals surface area contributed by atoms with Crippen LogP contribution in [0.3, 0.4) is 0 Å². The standard InChI is InChI=1S/C7H13IN.HI/c1-4-5-6-9(2,3)7-8;/h1H,5-7H2,2-3H3;1H/q+1;/p-1. The molecular formula is C7H13I2N. The minimum atomic E-state index is 0. The van der Waals surface area contributed by atoms with Gasteiger partial charge in [-0.3, -0.25) is 0 Å². The molecule has 60 valence electrons. The predicted molar refractivity (Wildman–Crippen MR) is 49.3 cm³/mol. The first-order valence-corrected chi connectivity index (χ1v) is 4.46. The summed E-state index contributed by atoms with van der Waals surface area (Å²) in [5.41, 5.74) is 0. The van der Waals surface area contributed by atoms with Gasteiger partial charge < -0.3 is 28.5 Å². The summed E-state index contributed by atoms with van der Waals surface area (Å²) in [6.07, 6.45) is 6.01. The van der Waals surface area contributed by atoms with Crippen LogP contribution in [0.15, 0.2) is 0 Å². The molecule has 0 radical (unpaired) electrons. The third kappa shape index (κ3) is 7.09. The normalized spacial score (nSPS) is 9.80. The van der Waals surface area contributed by atoms with E-state index in [2.05, 4.69) is 42.6 Å². The van der Waals surface area contributed by atoms with Gasteiger partial charge in [0.25, 0.3) is 0 Å². The highest BCUT2D eigenvalue weighted by Crippen LogP contribution is 2.01. The van der Waals surface area contributed by atoms with Crippen molar-refractivity contribution < 1.29 is 28.5 Å². The molecule has 0 amide bonds. The van der Waals surface area contributed by atoms with Crippen molar-refractivity contribution in [2.45, 2.75) is 6.42 Å². The molecular weight excluding hydrogens is 352 g/mol. The van der Waals surface area contributed by atoms with E-state index in [9.17, 15) is 0 Å². The third-order valence-corrected chi connectivity index (χ3v) is 3.03. The molecule has 0 aliphatic heterocycles. The van der Waals surface area contributed by atoms with E-state index < -0.39 is 0 Å². The van der Waals surface area contributed by atoms with Crippen molar-refractivity contribution in [3.8, 4) is 12.3 Å². The molecule has 0 unspecified atom stereocenters. The van der Waals surface area contributed by atoms with Gasteiger partial charge in [-0.15, -0.1) is 12.3 Å². The largest absolute Gasteiger partial charge is 1.00 e. The maximum atomic E-state index is 5.13. The predicted octanol–water partition coefficient (Wildman–Crippen LogP) is -1.52. The summed E-state index contributed by atoms with van der Waals surface area (Å²) >= 11 is 2.37. The molecule has 0 saturated heterocycles. The van der Waals surface area contributed by atoms with Gasteiger partial charge in [0.05, 0.1) is 27.1 Å². The van der Waals surface area contributed by atoms with Gasteiger partial charge in [0.1, 0.15) is 4.55 Å². The van der Waals surface area contributed by atoms with Crippen LogP contribution in [-0.4, -0.2) is 29.7 Å². The van der Waals surface area contributed by atoms with Gasteiger partial charge >= 0.3 is 0 Å². The van der Waals surface area contributed by atoms with Crippen molar-refractivity contribution in [1.29, 1.82) is 0 Å². The van der Waals surface area contributed by atoms with E-state index in [-0.39, 0.29) is 24.0 Å². The quantitative estimate of drug-likeness (QED) is 0.188. The molecule has 0 aromatic rings. The summed E-state index contributed by atoms with van der Waals surface area (Å²) < 4.78 is 2.14. The molecule has 0 heterocycles. The minimum Gasteiger partial charge on any atom is -1.00 e. The monoisotopic (exact) mass is 365 g/mol. The van der Waals surface area contributed by atoms with Crippen molar-refractivity contribution in [3.05, 3.63) is 0 Å². The lowest BCUT2D eigenvalue weighted by atomic mass is 10.4. The number of rotatable bonds is 3. The smallest absolute Gasteiger partial charge is 0.129 e. The Kier molecular flexibility index (Phi) is 9.05. The summed E-state index contributed by atoms with van der Waals surface area (Å²) in [7, 11) is 4.37. The summed E-state index contributed by atoms with van der Waals surface area (Å²) in [6.45, 7) is 1.08. The van der Waals surface area contributed by atoms with Gasteiger partial charge in [-0.2, -0.15) is 0 Å². The van der Waals surface area contributed by atoms with Gasteiger partial charge in [0, 0.05) is 0 Å². The molecule has 0 atom stereocenters. The van der Waals surface area contributed by atoms with Crippen LogP contribution in [-0.2, 0) is 0 Å². The Morgan fingerprint density at radius 2 is 2.00 bits per heavy atom. The van der Waals surface area contributed by atoms with E-state index in [4.69, 9.17) is 6.42 Å². The van der Waals surface area contributed by atoms with Crippen molar-refractivity contribution in [2.75, 3.05) is 25.2 Å². The molecule has 1 nitrogen and oxygen atoms in total. The van der Waals surface area contributed by atoms with Crippen molar-refractivity contribution >= 4 is 22.6 Å². The van der Waals surface area contributed by atoms with E-state index in [1.54, 1.807) is 0 Å². The second kappa shape index (κ2) is 6.68. The molecule has 0 aliphatic rings. The van der Waals surface area contributed by atoms with Gasteiger partial charge in [0.2, 0.25) is 0 Å². The Hall–Kier alpha value is 0.980. The molecule has 0 aromatic heterocycles. The zero-order valence-electron chi connectivity index (χ0n) is 6.40. The number of terminal acetylenes is 1. The fourth-order valence-electron chi connectivity index (χ4n) is 0.427. The van der Waals surface area contributed by atoms with Gasteiger partial charge in [-0.05, 0) is 22.6 Å². The SMILES string of the molecule is C#CCC[N+](C)(C)CI.[I-]. The Morgan fingerprint density at radius 3 is 2.30 bits per heavy atom. The Morgan fingerprint density at radius 1 is 1.50 bits per heavy atom. The lowest BCUT2D eigenvalue weighted by Gasteiger charge is -2.25. The van der Waals surface area contributed by atoms with E-state index in [0.29, 0.717) is 0 Å². The average Bonchev–Trinajstić information content (AvgIpc) is 1.84. The lowest BCUT2D eigenvalue weighted by molar-refractivity contribution is -0.873. The molecule has 0 bridgehead atoms. The highest BCUT2D eigenvalue weighted by Gasteiger charge is 2.09. The van der Waals surface area contributed by atoms with Crippen molar-refractivity contribution in [1.82, 2.24) is 0 Å². The van der Waals surface area contributed by atoms with Gasteiger partial charge in [-0.25, -0.2) is 0 Å². The first kappa shape index (κ1) is 13.6. The Balaban J connectivity index is 0. The zero-order valence-corrected chi connectivity index (χ0v) is 10.7. The van der Waals surface area contributed by atoms with Crippen molar-refractivity contribution in [3.63, 3.8) is 0 Å². The molecule has 0 N–H and O–H groups in total. The topological polar surface area (TPSA) is 0 Å². The molecule has 0 aromatic carbocycles. The molecule has 0 rings (SSSR count). The molecule has 3 heteroatoms. The maximum absolute atomic E-state index is 5.13. The van der Waals surface area contributed by atoms with E-state index in [1.807, 2.05) is 0 Å². The second-order valence-electron chi connectivity index (χ2n) is 2.73. The van der Waals surface area contributed by atoms with Crippen LogP contribution in [0, 0.1) is 12.3 Å². The first-order chi connectivity index (χ1) is 4.12. The molecule has 0 spiro atoms. The highest BCUT2D eigenvalue weighted by molar-refractivity contribution is 14.1. The van der Waals surface area contributed by atoms with Crippen molar-refractivity contribution in [2.24, 2.45) is 0 Å². The van der Waals surface area contributed by atoms with Crippen LogP contribution in [0.1, 0.15) is 6.42 Å². The Labute approximate surface area is 94.3 Å². The van der Waals surface area contributed by atoms with E-state index in [1.165, 1.54) is 0 Å². The Bertz CT molecular complexity index is 115. The molecule has 0 aliphatic carbocycles. The van der Waals surface area contributed by atoms with Gasteiger partial charge in [-0.1, -0.05) is 0 Å². The van der Waals surface area contributed by atoms with E-state index >= 15 is 0 Å². The van der Waals surface area contributed by atoms with Crippen LogP contribution in [0.2, 0.25) is 0 Å². The summed E-state index contributed by atoms with van der Waals surface area (Å²) in [5.74, 6) is 2.64. The van der Waals surface area contributed by atoms with Crippen LogP contribution in [0.25, 0.3) is 0 Å². The number of nitrogens with zero attached hydrogens (tertiary/aromatic N) is 1. The van der Waals surface area contributed by atoms with Crippen LogP contribution >= 0.6 is 22.6 Å². The molecule has 10 heavy (non-hydrogen) atoms. The summed E-state index contributed by atoms with van der Waals surface area (Å²) in [6, 6.07) is 0. The van der Waals surface area contributed by atoms with Crippen LogP contribution in [0.4, 0.5) is 0 Å². The highest BCUT2D eigenvalue weighted by atomic mass is 127. The third-order valence-electron chi connectivity index (χ3n) is 1.19. The maximum Gasteiger partial charge on any atom is 0.129 e. The van der Waals surface area contributed by atoms with Gasteiger partial charge in [0.15, 0.2) is 0 Å². The first-order valence-electron chi connectivity index (χ1n) is 2.94. The number of halogens is 2. The van der Waals surface area contributed by atoms with Crippen LogP contribution in [0.5, 0.6) is 0 Å². The fraction of sp³-hybridized carbons (Fsp3) is 0.714. The van der Waals surface area contributed by atoms with E-state index in [0.717, 1.165) is 22.0 Å². The number of hydrogen-bond acceptors (Lipinski definition) is 0. The fourth-order valence-corrected chi connectivity index (χ4v) is 0.768. The number of hydrogen-bond donors (Lipinski definition) is 0. The number of alkyl halides is 1. The lowest BCUT2D eigenvalue weighted by Crippen LogP contribution is -3.00. The second-order valence-corrected chi connectivity index (χ2v) is 3.42. The summed E-state index contributed by atoms with van der Waals surface area (Å²) in [5, 5.41) is 0. The molecule has 0 saturated carbocycles. The summed E-state index contributed by atoms with van der Waals surface area (Å²) in [4.78, 5) is 0.